The van der Waals surface area contributed by atoms with E-state index in [1.165, 1.54) is 22.3 Å². The maximum absolute atomic E-state index is 6.85. The molecule has 1 heterocycles. The SMILES string of the molecule is CNC[C@H]1OC(c2ccccc2)(c2ccccc2)Cc2ccccc21. The summed E-state index contributed by atoms with van der Waals surface area (Å²) in [6.07, 6.45) is 0.868. The van der Waals surface area contributed by atoms with Crippen molar-refractivity contribution in [3.05, 3.63) is 107 Å². The van der Waals surface area contributed by atoms with Crippen molar-refractivity contribution in [2.24, 2.45) is 0 Å². The van der Waals surface area contributed by atoms with Gasteiger partial charge in [0.2, 0.25) is 0 Å². The van der Waals surface area contributed by atoms with Crippen molar-refractivity contribution >= 4 is 0 Å². The second-order valence-electron chi connectivity index (χ2n) is 6.60. The Bertz CT molecular complexity index is 789. The van der Waals surface area contributed by atoms with Crippen molar-refractivity contribution in [3.8, 4) is 0 Å². The summed E-state index contributed by atoms with van der Waals surface area (Å²) in [5.41, 5.74) is 4.60. The Morgan fingerprint density at radius 2 is 1.40 bits per heavy atom. The van der Waals surface area contributed by atoms with Gasteiger partial charge in [-0.1, -0.05) is 84.9 Å². The van der Waals surface area contributed by atoms with Crippen LogP contribution in [0.1, 0.15) is 28.4 Å². The van der Waals surface area contributed by atoms with E-state index in [0.29, 0.717) is 0 Å². The number of fused-ring (bicyclic) bond motifs is 1. The zero-order chi connectivity index (χ0) is 17.1. The summed E-state index contributed by atoms with van der Waals surface area (Å²) in [6, 6.07) is 29.9. The van der Waals surface area contributed by atoms with Crippen LogP contribution in [0.5, 0.6) is 0 Å². The first-order valence-corrected chi connectivity index (χ1v) is 8.85. The van der Waals surface area contributed by atoms with E-state index in [1.54, 1.807) is 0 Å². The summed E-state index contributed by atoms with van der Waals surface area (Å²) in [6.45, 7) is 0.790. The van der Waals surface area contributed by atoms with E-state index in [0.717, 1.165) is 13.0 Å². The molecule has 0 aliphatic carbocycles. The molecule has 3 aromatic carbocycles. The maximum atomic E-state index is 6.85. The molecular weight excluding hydrogens is 306 g/mol. The molecule has 1 aliphatic heterocycles. The number of hydrogen-bond donors (Lipinski definition) is 1. The van der Waals surface area contributed by atoms with Crippen LogP contribution in [-0.2, 0) is 16.8 Å². The van der Waals surface area contributed by atoms with E-state index in [2.05, 4.69) is 90.2 Å². The average Bonchev–Trinajstić information content (AvgIpc) is 2.69. The van der Waals surface area contributed by atoms with Gasteiger partial charge in [0.1, 0.15) is 5.60 Å². The molecule has 0 aromatic heterocycles. The van der Waals surface area contributed by atoms with Crippen LogP contribution in [0.4, 0.5) is 0 Å². The largest absolute Gasteiger partial charge is 0.356 e. The predicted octanol–water partition coefficient (Wildman–Crippen LogP) is 4.46. The summed E-state index contributed by atoms with van der Waals surface area (Å²) in [5.74, 6) is 0. The molecule has 0 bridgehead atoms. The van der Waals surface area contributed by atoms with E-state index in [1.807, 2.05) is 7.05 Å². The van der Waals surface area contributed by atoms with Crippen molar-refractivity contribution in [3.63, 3.8) is 0 Å². The lowest BCUT2D eigenvalue weighted by molar-refractivity contribution is -0.0853. The minimum Gasteiger partial charge on any atom is -0.356 e. The Morgan fingerprint density at radius 1 is 0.840 bits per heavy atom. The van der Waals surface area contributed by atoms with Gasteiger partial charge in [0.25, 0.3) is 0 Å². The highest BCUT2D eigenvalue weighted by Gasteiger charge is 2.42. The molecule has 126 valence electrons. The first kappa shape index (κ1) is 16.1. The molecule has 0 saturated heterocycles. The fraction of sp³-hybridized carbons (Fsp3) is 0.217. The molecule has 0 radical (unpaired) electrons. The van der Waals surface area contributed by atoms with Gasteiger partial charge in [0, 0.05) is 13.0 Å². The summed E-state index contributed by atoms with van der Waals surface area (Å²) < 4.78 is 6.85. The lowest BCUT2D eigenvalue weighted by atomic mass is 9.77. The average molecular weight is 329 g/mol. The Kier molecular flexibility index (Phi) is 4.39. The molecule has 0 amide bonds. The smallest absolute Gasteiger partial charge is 0.123 e. The highest BCUT2D eigenvalue weighted by molar-refractivity contribution is 5.43. The highest BCUT2D eigenvalue weighted by Crippen LogP contribution is 2.45. The van der Waals surface area contributed by atoms with Crippen molar-refractivity contribution in [2.45, 2.75) is 18.1 Å². The van der Waals surface area contributed by atoms with Crippen LogP contribution in [-0.4, -0.2) is 13.6 Å². The van der Waals surface area contributed by atoms with Gasteiger partial charge in [-0.05, 0) is 29.3 Å². The molecule has 1 atom stereocenters. The third-order valence-electron chi connectivity index (χ3n) is 5.05. The maximum Gasteiger partial charge on any atom is 0.123 e. The van der Waals surface area contributed by atoms with Crippen molar-refractivity contribution in [2.75, 3.05) is 13.6 Å². The zero-order valence-corrected chi connectivity index (χ0v) is 14.5. The Labute approximate surface area is 149 Å². The fourth-order valence-electron chi connectivity index (χ4n) is 3.88. The van der Waals surface area contributed by atoms with Gasteiger partial charge in [-0.2, -0.15) is 0 Å². The monoisotopic (exact) mass is 329 g/mol. The highest BCUT2D eigenvalue weighted by atomic mass is 16.5. The third kappa shape index (κ3) is 2.88. The summed E-state index contributed by atoms with van der Waals surface area (Å²) in [5, 5.41) is 3.29. The lowest BCUT2D eigenvalue weighted by Gasteiger charge is -2.43. The molecular formula is C23H23NO. The van der Waals surface area contributed by atoms with Crippen LogP contribution in [0.25, 0.3) is 0 Å². The van der Waals surface area contributed by atoms with E-state index < -0.39 is 5.60 Å². The molecule has 1 aliphatic rings. The second kappa shape index (κ2) is 6.83. The topological polar surface area (TPSA) is 21.3 Å². The Hall–Kier alpha value is -2.42. The number of hydrogen-bond acceptors (Lipinski definition) is 2. The molecule has 0 unspecified atom stereocenters. The van der Waals surface area contributed by atoms with Gasteiger partial charge in [-0.25, -0.2) is 0 Å². The normalized spacial score (nSPS) is 18.5. The number of ether oxygens (including phenoxy) is 1. The van der Waals surface area contributed by atoms with Crippen LogP contribution in [0.15, 0.2) is 84.9 Å². The van der Waals surface area contributed by atoms with Crippen molar-refractivity contribution < 1.29 is 4.74 Å². The van der Waals surface area contributed by atoms with E-state index in [-0.39, 0.29) is 6.10 Å². The first-order chi connectivity index (χ1) is 12.3. The molecule has 2 nitrogen and oxygen atoms in total. The van der Waals surface area contributed by atoms with Crippen LogP contribution in [0, 0.1) is 0 Å². The molecule has 4 rings (SSSR count). The van der Waals surface area contributed by atoms with E-state index >= 15 is 0 Å². The first-order valence-electron chi connectivity index (χ1n) is 8.85. The Balaban J connectivity index is 1.91. The van der Waals surface area contributed by atoms with Crippen LogP contribution in [0.2, 0.25) is 0 Å². The van der Waals surface area contributed by atoms with E-state index in [9.17, 15) is 0 Å². The predicted molar refractivity (Wildman–Crippen MR) is 102 cm³/mol. The lowest BCUT2D eigenvalue weighted by Crippen LogP contribution is -2.41. The summed E-state index contributed by atoms with van der Waals surface area (Å²) in [7, 11) is 1.98. The molecule has 0 fully saturated rings. The molecule has 0 saturated carbocycles. The van der Waals surface area contributed by atoms with Crippen molar-refractivity contribution in [1.29, 1.82) is 0 Å². The molecule has 2 heteroatoms. The quantitative estimate of drug-likeness (QED) is 0.763. The van der Waals surface area contributed by atoms with Crippen LogP contribution in [0.3, 0.4) is 0 Å². The number of nitrogens with one attached hydrogen (secondary N) is 1. The van der Waals surface area contributed by atoms with Gasteiger partial charge < -0.3 is 10.1 Å². The standard InChI is InChI=1S/C23H23NO/c1-24-17-22-21-15-9-8-10-18(21)16-23(25-22,19-11-4-2-5-12-19)20-13-6-3-7-14-20/h2-15,22,24H,16-17H2,1H3/t22-/m1/s1. The molecule has 1 N–H and O–H groups in total. The van der Waals surface area contributed by atoms with Crippen molar-refractivity contribution in [1.82, 2.24) is 5.32 Å². The van der Waals surface area contributed by atoms with Gasteiger partial charge in [-0.15, -0.1) is 0 Å². The second-order valence-corrected chi connectivity index (χ2v) is 6.60. The van der Waals surface area contributed by atoms with Crippen LogP contribution < -0.4 is 5.32 Å². The third-order valence-corrected chi connectivity index (χ3v) is 5.05. The summed E-state index contributed by atoms with van der Waals surface area (Å²) >= 11 is 0. The number of benzene rings is 3. The minimum absolute atomic E-state index is 0.0235. The minimum atomic E-state index is -0.460. The van der Waals surface area contributed by atoms with Gasteiger partial charge >= 0.3 is 0 Å². The molecule has 3 aromatic rings. The van der Waals surface area contributed by atoms with E-state index in [4.69, 9.17) is 4.74 Å². The molecule has 0 spiro atoms. The van der Waals surface area contributed by atoms with Crippen LogP contribution >= 0.6 is 0 Å². The molecule has 25 heavy (non-hydrogen) atoms. The summed E-state index contributed by atoms with van der Waals surface area (Å²) in [4.78, 5) is 0. The number of rotatable bonds is 4. The number of likely N-dealkylation sites (N-methyl/N-ethyl adjacent to an activating group) is 1. The fourth-order valence-corrected chi connectivity index (χ4v) is 3.88. The zero-order valence-electron chi connectivity index (χ0n) is 14.5. The Morgan fingerprint density at radius 3 is 2.00 bits per heavy atom. The van der Waals surface area contributed by atoms with Gasteiger partial charge in [-0.3, -0.25) is 0 Å². The van der Waals surface area contributed by atoms with Gasteiger partial charge in [0.15, 0.2) is 0 Å². The van der Waals surface area contributed by atoms with Gasteiger partial charge in [0.05, 0.1) is 6.10 Å².